The third kappa shape index (κ3) is 4.04. The SMILES string of the molecule is Cc1ccc(S(=O)(=O)NC(CC(=O)O)C(=O)O)c(C)c1. The molecule has 3 N–H and O–H groups in total. The van der Waals surface area contributed by atoms with Crippen molar-refractivity contribution in [2.45, 2.75) is 31.2 Å². The van der Waals surface area contributed by atoms with E-state index in [9.17, 15) is 18.0 Å². The molecule has 0 saturated carbocycles. The second-order valence-electron chi connectivity index (χ2n) is 4.38. The lowest BCUT2D eigenvalue weighted by Crippen LogP contribution is -2.42. The van der Waals surface area contributed by atoms with E-state index < -0.39 is 34.4 Å². The number of carboxylic acids is 2. The summed E-state index contributed by atoms with van der Waals surface area (Å²) in [6, 6.07) is 2.86. The Kier molecular flexibility index (Phi) is 4.85. The Labute approximate surface area is 116 Å². The molecule has 0 aromatic heterocycles. The molecule has 1 atom stereocenters. The highest BCUT2D eigenvalue weighted by Gasteiger charge is 2.28. The molecule has 1 aromatic rings. The maximum Gasteiger partial charge on any atom is 0.322 e. The van der Waals surface area contributed by atoms with Crippen LogP contribution in [-0.2, 0) is 19.6 Å². The van der Waals surface area contributed by atoms with Crippen LogP contribution >= 0.6 is 0 Å². The Balaban J connectivity index is 3.09. The minimum absolute atomic E-state index is 0.0697. The summed E-state index contributed by atoms with van der Waals surface area (Å²) in [6.45, 7) is 3.37. The van der Waals surface area contributed by atoms with E-state index >= 15 is 0 Å². The fourth-order valence-electron chi connectivity index (χ4n) is 1.71. The van der Waals surface area contributed by atoms with Crippen LogP contribution in [0.4, 0.5) is 0 Å². The molecule has 110 valence electrons. The number of nitrogens with one attached hydrogen (secondary N) is 1. The average Bonchev–Trinajstić information content (AvgIpc) is 2.26. The van der Waals surface area contributed by atoms with E-state index in [-0.39, 0.29) is 4.90 Å². The number of aryl methyl sites for hydroxylation is 2. The van der Waals surface area contributed by atoms with Crippen LogP contribution in [0.25, 0.3) is 0 Å². The normalized spacial score (nSPS) is 12.9. The molecule has 1 aromatic carbocycles. The van der Waals surface area contributed by atoms with Gasteiger partial charge in [0.2, 0.25) is 10.0 Å². The largest absolute Gasteiger partial charge is 0.481 e. The summed E-state index contributed by atoms with van der Waals surface area (Å²) in [5, 5.41) is 17.4. The summed E-state index contributed by atoms with van der Waals surface area (Å²) in [6.07, 6.45) is -0.834. The first-order valence-corrected chi connectivity index (χ1v) is 7.16. The van der Waals surface area contributed by atoms with Gasteiger partial charge in [0, 0.05) is 0 Å². The number of carboxylic acid groups (broad SMARTS) is 2. The van der Waals surface area contributed by atoms with Crippen molar-refractivity contribution in [1.82, 2.24) is 4.72 Å². The lowest BCUT2D eigenvalue weighted by atomic mass is 10.2. The zero-order chi connectivity index (χ0) is 15.5. The molecule has 0 spiro atoms. The molecule has 1 rings (SSSR count). The van der Waals surface area contributed by atoms with Crippen LogP contribution in [0.3, 0.4) is 0 Å². The second-order valence-corrected chi connectivity index (χ2v) is 6.06. The number of carbonyl (C=O) groups is 2. The third-order valence-electron chi connectivity index (χ3n) is 2.59. The van der Waals surface area contributed by atoms with E-state index in [0.717, 1.165) is 5.56 Å². The van der Waals surface area contributed by atoms with Crippen molar-refractivity contribution in [3.8, 4) is 0 Å². The van der Waals surface area contributed by atoms with E-state index in [1.54, 1.807) is 26.0 Å². The molecule has 0 aliphatic carbocycles. The summed E-state index contributed by atoms with van der Waals surface area (Å²) < 4.78 is 26.1. The van der Waals surface area contributed by atoms with Crippen LogP contribution in [0.1, 0.15) is 17.5 Å². The Morgan fingerprint density at radius 3 is 2.30 bits per heavy atom. The smallest absolute Gasteiger partial charge is 0.322 e. The van der Waals surface area contributed by atoms with E-state index in [4.69, 9.17) is 10.2 Å². The molecule has 0 aliphatic heterocycles. The molecule has 0 bridgehead atoms. The van der Waals surface area contributed by atoms with Gasteiger partial charge in [-0.2, -0.15) is 4.72 Å². The standard InChI is InChI=1S/C12H15NO6S/c1-7-3-4-10(8(2)5-7)20(18,19)13-9(12(16)17)6-11(14)15/h3-5,9,13H,6H2,1-2H3,(H,14,15)(H,16,17). The van der Waals surface area contributed by atoms with Gasteiger partial charge in [0.1, 0.15) is 6.04 Å². The van der Waals surface area contributed by atoms with Gasteiger partial charge in [0.15, 0.2) is 0 Å². The molecule has 1 unspecified atom stereocenters. The van der Waals surface area contributed by atoms with Crippen molar-refractivity contribution in [1.29, 1.82) is 0 Å². The fraction of sp³-hybridized carbons (Fsp3) is 0.333. The van der Waals surface area contributed by atoms with Crippen LogP contribution in [0.15, 0.2) is 23.1 Å². The number of aliphatic carboxylic acids is 2. The summed E-state index contributed by atoms with van der Waals surface area (Å²) in [5.74, 6) is -2.94. The number of hydrogen-bond acceptors (Lipinski definition) is 4. The summed E-state index contributed by atoms with van der Waals surface area (Å²) in [4.78, 5) is 21.4. The lowest BCUT2D eigenvalue weighted by Gasteiger charge is -2.14. The van der Waals surface area contributed by atoms with E-state index in [1.807, 2.05) is 4.72 Å². The minimum atomic E-state index is -4.09. The van der Waals surface area contributed by atoms with Gasteiger partial charge in [0.05, 0.1) is 11.3 Å². The van der Waals surface area contributed by atoms with Gasteiger partial charge in [-0.3, -0.25) is 9.59 Å². The Morgan fingerprint density at radius 2 is 1.85 bits per heavy atom. The third-order valence-corrected chi connectivity index (χ3v) is 4.23. The van der Waals surface area contributed by atoms with E-state index in [2.05, 4.69) is 0 Å². The Morgan fingerprint density at radius 1 is 1.25 bits per heavy atom. The number of benzene rings is 1. The van der Waals surface area contributed by atoms with Crippen molar-refractivity contribution in [2.75, 3.05) is 0 Å². The molecule has 0 heterocycles. The first-order chi connectivity index (χ1) is 9.13. The molecule has 7 nitrogen and oxygen atoms in total. The Bertz CT molecular complexity index is 637. The molecular weight excluding hydrogens is 286 g/mol. The zero-order valence-corrected chi connectivity index (χ0v) is 11.8. The predicted octanol–water partition coefficient (Wildman–Crippen LogP) is 0.510. The van der Waals surface area contributed by atoms with Gasteiger partial charge in [-0.15, -0.1) is 0 Å². The molecule has 0 saturated heterocycles. The van der Waals surface area contributed by atoms with Gasteiger partial charge in [-0.1, -0.05) is 17.7 Å². The van der Waals surface area contributed by atoms with E-state index in [0.29, 0.717) is 5.56 Å². The first kappa shape index (κ1) is 16.1. The molecular formula is C12H15NO6S. The number of sulfonamides is 1. The van der Waals surface area contributed by atoms with Crippen molar-refractivity contribution < 1.29 is 28.2 Å². The second kappa shape index (κ2) is 6.02. The van der Waals surface area contributed by atoms with Gasteiger partial charge < -0.3 is 10.2 Å². The number of rotatable bonds is 6. The average molecular weight is 301 g/mol. The van der Waals surface area contributed by atoms with Crippen molar-refractivity contribution >= 4 is 22.0 Å². The van der Waals surface area contributed by atoms with Crippen molar-refractivity contribution in [3.05, 3.63) is 29.3 Å². The van der Waals surface area contributed by atoms with E-state index in [1.165, 1.54) is 6.07 Å². The van der Waals surface area contributed by atoms with Crippen LogP contribution in [0.5, 0.6) is 0 Å². The predicted molar refractivity (Wildman–Crippen MR) is 69.9 cm³/mol. The molecule has 20 heavy (non-hydrogen) atoms. The molecule has 8 heteroatoms. The van der Waals surface area contributed by atoms with Crippen LogP contribution in [0, 0.1) is 13.8 Å². The molecule has 0 aliphatic rings. The number of hydrogen-bond donors (Lipinski definition) is 3. The Hall–Kier alpha value is -1.93. The minimum Gasteiger partial charge on any atom is -0.481 e. The zero-order valence-electron chi connectivity index (χ0n) is 11.0. The van der Waals surface area contributed by atoms with Crippen molar-refractivity contribution in [2.24, 2.45) is 0 Å². The van der Waals surface area contributed by atoms with Gasteiger partial charge in [-0.25, -0.2) is 8.42 Å². The fourth-order valence-corrected chi connectivity index (χ4v) is 3.12. The molecule has 0 fully saturated rings. The van der Waals surface area contributed by atoms with Gasteiger partial charge >= 0.3 is 11.9 Å². The van der Waals surface area contributed by atoms with Crippen LogP contribution < -0.4 is 4.72 Å². The molecule has 0 radical (unpaired) electrons. The maximum atomic E-state index is 12.1. The summed E-state index contributed by atoms with van der Waals surface area (Å²) in [7, 11) is -4.09. The highest BCUT2D eigenvalue weighted by Crippen LogP contribution is 2.17. The highest BCUT2D eigenvalue weighted by atomic mass is 32.2. The lowest BCUT2D eigenvalue weighted by molar-refractivity contribution is -0.145. The summed E-state index contributed by atoms with van der Waals surface area (Å²) >= 11 is 0. The maximum absolute atomic E-state index is 12.1. The highest BCUT2D eigenvalue weighted by molar-refractivity contribution is 7.89. The van der Waals surface area contributed by atoms with Crippen molar-refractivity contribution in [3.63, 3.8) is 0 Å². The topological polar surface area (TPSA) is 121 Å². The van der Waals surface area contributed by atoms with Gasteiger partial charge in [-0.05, 0) is 25.5 Å². The van der Waals surface area contributed by atoms with Crippen LogP contribution in [0.2, 0.25) is 0 Å². The quantitative estimate of drug-likeness (QED) is 0.704. The first-order valence-electron chi connectivity index (χ1n) is 5.67. The monoisotopic (exact) mass is 301 g/mol. The summed E-state index contributed by atoms with van der Waals surface area (Å²) in [5.41, 5.74) is 1.32. The van der Waals surface area contributed by atoms with Crippen LogP contribution in [-0.4, -0.2) is 36.6 Å². The molecule has 0 amide bonds. The van der Waals surface area contributed by atoms with Gasteiger partial charge in [0.25, 0.3) is 0 Å².